The lowest BCUT2D eigenvalue weighted by Crippen LogP contribution is -2.18. The molecule has 0 aliphatic carbocycles. The minimum absolute atomic E-state index is 0.0449. The highest BCUT2D eigenvalue weighted by Crippen LogP contribution is 2.16. The Bertz CT molecular complexity index is 506. The summed E-state index contributed by atoms with van der Waals surface area (Å²) in [6.07, 6.45) is 4.48. The van der Waals surface area contributed by atoms with Gasteiger partial charge in [0.15, 0.2) is 0 Å². The third-order valence-corrected chi connectivity index (χ3v) is 3.00. The molecule has 4 heteroatoms. The van der Waals surface area contributed by atoms with Gasteiger partial charge in [-0.15, -0.1) is 0 Å². The molecule has 2 aromatic rings. The number of nitrogens with zero attached hydrogens (tertiary/aromatic N) is 3. The lowest BCUT2D eigenvalue weighted by atomic mass is 10.2. The zero-order valence-electron chi connectivity index (χ0n) is 11.4. The summed E-state index contributed by atoms with van der Waals surface area (Å²) in [5, 5.41) is 9.30. The van der Waals surface area contributed by atoms with Crippen molar-refractivity contribution in [2.45, 2.75) is 26.5 Å². The summed E-state index contributed by atoms with van der Waals surface area (Å²) in [5.74, 6) is 0.882. The molecule has 0 bridgehead atoms. The first kappa shape index (κ1) is 13.5. The largest absolute Gasteiger partial charge is 0.392 e. The van der Waals surface area contributed by atoms with E-state index in [9.17, 15) is 5.11 Å². The number of hydrogen-bond donors (Lipinski definition) is 1. The van der Waals surface area contributed by atoms with Crippen molar-refractivity contribution in [3.05, 3.63) is 53.5 Å². The van der Waals surface area contributed by atoms with Crippen LogP contribution < -0.4 is 4.90 Å². The number of rotatable bonds is 5. The summed E-state index contributed by atoms with van der Waals surface area (Å²) in [5.41, 5.74) is 3.04. The molecule has 0 spiro atoms. The average molecular weight is 257 g/mol. The van der Waals surface area contributed by atoms with Crippen molar-refractivity contribution in [2.24, 2.45) is 0 Å². The Labute approximate surface area is 113 Å². The molecule has 1 N–H and O–H groups in total. The van der Waals surface area contributed by atoms with Gasteiger partial charge in [-0.05, 0) is 35.7 Å². The van der Waals surface area contributed by atoms with Crippen LogP contribution >= 0.6 is 0 Å². The molecule has 2 heterocycles. The maximum atomic E-state index is 9.30. The lowest BCUT2D eigenvalue weighted by molar-refractivity contribution is 0.281. The zero-order valence-corrected chi connectivity index (χ0v) is 11.4. The van der Waals surface area contributed by atoms with Crippen LogP contribution in [0.3, 0.4) is 0 Å². The highest BCUT2D eigenvalue weighted by Gasteiger charge is 2.07. The maximum absolute atomic E-state index is 9.30. The molecule has 0 saturated carbocycles. The molecule has 0 aliphatic heterocycles. The van der Waals surface area contributed by atoms with Gasteiger partial charge in [-0.3, -0.25) is 4.98 Å². The van der Waals surface area contributed by atoms with Crippen molar-refractivity contribution in [3.63, 3.8) is 0 Å². The molecule has 0 amide bonds. The van der Waals surface area contributed by atoms with Crippen molar-refractivity contribution in [1.29, 1.82) is 0 Å². The Morgan fingerprint density at radius 1 is 1.26 bits per heavy atom. The van der Waals surface area contributed by atoms with E-state index in [2.05, 4.69) is 21.8 Å². The number of pyridine rings is 2. The standard InChI is InChI=1S/C15H19N3O/c1-3-14-7-13(11-19)8-15(17-14)18(2)10-12-5-4-6-16-9-12/h4-9,19H,3,10-11H2,1-2H3. The Kier molecular flexibility index (Phi) is 4.47. The smallest absolute Gasteiger partial charge is 0.129 e. The predicted molar refractivity (Wildman–Crippen MR) is 75.9 cm³/mol. The Morgan fingerprint density at radius 3 is 2.74 bits per heavy atom. The van der Waals surface area contributed by atoms with Crippen molar-refractivity contribution < 1.29 is 5.11 Å². The monoisotopic (exact) mass is 257 g/mol. The summed E-state index contributed by atoms with van der Waals surface area (Å²) in [6.45, 7) is 2.86. The van der Waals surface area contributed by atoms with E-state index in [1.54, 1.807) is 6.20 Å². The van der Waals surface area contributed by atoms with Crippen molar-refractivity contribution in [1.82, 2.24) is 9.97 Å². The van der Waals surface area contributed by atoms with E-state index in [4.69, 9.17) is 0 Å². The second-order valence-corrected chi connectivity index (χ2v) is 4.55. The van der Waals surface area contributed by atoms with Gasteiger partial charge in [0.05, 0.1) is 6.61 Å². The van der Waals surface area contributed by atoms with Crippen LogP contribution in [0.15, 0.2) is 36.7 Å². The van der Waals surface area contributed by atoms with E-state index in [-0.39, 0.29) is 6.61 Å². The van der Waals surface area contributed by atoms with Gasteiger partial charge in [-0.25, -0.2) is 4.98 Å². The fraction of sp³-hybridized carbons (Fsp3) is 0.333. The van der Waals surface area contributed by atoms with E-state index < -0.39 is 0 Å². The van der Waals surface area contributed by atoms with Gasteiger partial charge >= 0.3 is 0 Å². The summed E-state index contributed by atoms with van der Waals surface area (Å²) >= 11 is 0. The van der Waals surface area contributed by atoms with Gasteiger partial charge in [0, 0.05) is 31.7 Å². The second-order valence-electron chi connectivity index (χ2n) is 4.55. The third-order valence-electron chi connectivity index (χ3n) is 3.00. The van der Waals surface area contributed by atoms with Crippen molar-refractivity contribution in [3.8, 4) is 0 Å². The SMILES string of the molecule is CCc1cc(CO)cc(N(C)Cc2cccnc2)n1. The minimum Gasteiger partial charge on any atom is -0.392 e. The summed E-state index contributed by atoms with van der Waals surface area (Å²) < 4.78 is 0. The van der Waals surface area contributed by atoms with Crippen LogP contribution in [-0.4, -0.2) is 22.1 Å². The second kappa shape index (κ2) is 6.29. The molecule has 2 rings (SSSR count). The van der Waals surface area contributed by atoms with Crippen LogP contribution in [0.5, 0.6) is 0 Å². The third kappa shape index (κ3) is 3.51. The molecule has 0 aromatic carbocycles. The molecule has 100 valence electrons. The van der Waals surface area contributed by atoms with E-state index in [1.165, 1.54) is 0 Å². The molecule has 4 nitrogen and oxygen atoms in total. The Hall–Kier alpha value is -1.94. The molecular weight excluding hydrogens is 238 g/mol. The molecular formula is C15H19N3O. The van der Waals surface area contributed by atoms with E-state index in [0.717, 1.165) is 35.6 Å². The van der Waals surface area contributed by atoms with Crippen LogP contribution in [0.4, 0.5) is 5.82 Å². The Balaban J connectivity index is 2.20. The van der Waals surface area contributed by atoms with Gasteiger partial charge in [0.1, 0.15) is 5.82 Å². The summed E-state index contributed by atoms with van der Waals surface area (Å²) in [4.78, 5) is 10.8. The molecule has 0 atom stereocenters. The zero-order chi connectivity index (χ0) is 13.7. The van der Waals surface area contributed by atoms with E-state index in [1.807, 2.05) is 37.5 Å². The quantitative estimate of drug-likeness (QED) is 0.892. The molecule has 0 saturated heterocycles. The van der Waals surface area contributed by atoms with Crippen molar-refractivity contribution >= 4 is 5.82 Å². The van der Waals surface area contributed by atoms with Gasteiger partial charge in [-0.1, -0.05) is 13.0 Å². The van der Waals surface area contributed by atoms with Gasteiger partial charge in [0.25, 0.3) is 0 Å². The van der Waals surface area contributed by atoms with Crippen LogP contribution in [0.1, 0.15) is 23.7 Å². The van der Waals surface area contributed by atoms with E-state index >= 15 is 0 Å². The molecule has 2 aromatic heterocycles. The highest BCUT2D eigenvalue weighted by atomic mass is 16.3. The minimum atomic E-state index is 0.0449. The normalized spacial score (nSPS) is 10.5. The summed E-state index contributed by atoms with van der Waals surface area (Å²) in [6, 6.07) is 7.84. The van der Waals surface area contributed by atoms with Crippen LogP contribution in [-0.2, 0) is 19.6 Å². The molecule has 0 fully saturated rings. The number of anilines is 1. The fourth-order valence-electron chi connectivity index (χ4n) is 1.95. The Morgan fingerprint density at radius 2 is 2.11 bits per heavy atom. The number of aliphatic hydroxyl groups excluding tert-OH is 1. The maximum Gasteiger partial charge on any atom is 0.129 e. The predicted octanol–water partition coefficient (Wildman–Crippen LogP) is 2.17. The number of hydrogen-bond acceptors (Lipinski definition) is 4. The first-order chi connectivity index (χ1) is 9.22. The van der Waals surface area contributed by atoms with Crippen LogP contribution in [0.2, 0.25) is 0 Å². The van der Waals surface area contributed by atoms with Crippen LogP contribution in [0.25, 0.3) is 0 Å². The average Bonchev–Trinajstić information content (AvgIpc) is 2.47. The molecule has 0 unspecified atom stereocenters. The van der Waals surface area contributed by atoms with Crippen molar-refractivity contribution in [2.75, 3.05) is 11.9 Å². The van der Waals surface area contributed by atoms with Crippen LogP contribution in [0, 0.1) is 0 Å². The molecule has 19 heavy (non-hydrogen) atoms. The van der Waals surface area contributed by atoms with Gasteiger partial charge in [-0.2, -0.15) is 0 Å². The van der Waals surface area contributed by atoms with Gasteiger partial charge < -0.3 is 10.0 Å². The summed E-state index contributed by atoms with van der Waals surface area (Å²) in [7, 11) is 2.00. The fourth-order valence-corrected chi connectivity index (χ4v) is 1.95. The molecule has 0 radical (unpaired) electrons. The number of aromatic nitrogens is 2. The highest BCUT2D eigenvalue weighted by molar-refractivity contribution is 5.42. The topological polar surface area (TPSA) is 49.2 Å². The molecule has 0 aliphatic rings. The number of aryl methyl sites for hydroxylation is 1. The number of aliphatic hydroxyl groups is 1. The van der Waals surface area contributed by atoms with E-state index in [0.29, 0.717) is 0 Å². The first-order valence-electron chi connectivity index (χ1n) is 6.43. The first-order valence-corrected chi connectivity index (χ1v) is 6.43. The van der Waals surface area contributed by atoms with Gasteiger partial charge in [0.2, 0.25) is 0 Å². The lowest BCUT2D eigenvalue weighted by Gasteiger charge is -2.19.